The molecule has 0 radical (unpaired) electrons. The average Bonchev–Trinajstić information content (AvgIpc) is 2.96. The van der Waals surface area contributed by atoms with Crippen LogP contribution >= 0.6 is 0 Å². The summed E-state index contributed by atoms with van der Waals surface area (Å²) in [6.45, 7) is 0. The van der Waals surface area contributed by atoms with Crippen molar-refractivity contribution in [2.24, 2.45) is 0 Å². The van der Waals surface area contributed by atoms with Gasteiger partial charge in [0.1, 0.15) is 22.9 Å². The number of fused-ring (bicyclic) bond motifs is 1. The maximum absolute atomic E-state index is 5.40. The first-order valence-corrected chi connectivity index (χ1v) is 6.39. The molecule has 3 rings (SSSR count). The summed E-state index contributed by atoms with van der Waals surface area (Å²) >= 11 is 0. The second kappa shape index (κ2) is 5.32. The molecule has 0 fully saturated rings. The Balaban J connectivity index is 2.20. The lowest BCUT2D eigenvalue weighted by Gasteiger charge is -2.10. The van der Waals surface area contributed by atoms with E-state index in [1.165, 1.54) is 0 Å². The summed E-state index contributed by atoms with van der Waals surface area (Å²) in [5.41, 5.74) is 2.16. The summed E-state index contributed by atoms with van der Waals surface area (Å²) in [4.78, 5) is 12.0. The minimum Gasteiger partial charge on any atom is -0.496 e. The highest BCUT2D eigenvalue weighted by Gasteiger charge is 2.16. The van der Waals surface area contributed by atoms with Gasteiger partial charge in [0.25, 0.3) is 0 Å². The minimum atomic E-state index is 0.521. The van der Waals surface area contributed by atoms with Gasteiger partial charge in [-0.1, -0.05) is 6.07 Å². The Labute approximate surface area is 121 Å². The first kappa shape index (κ1) is 13.2. The van der Waals surface area contributed by atoms with Crippen LogP contribution in [0, 0.1) is 0 Å². The van der Waals surface area contributed by atoms with E-state index in [1.807, 2.05) is 24.3 Å². The number of ether oxygens (including phenoxy) is 3. The van der Waals surface area contributed by atoms with Crippen molar-refractivity contribution in [3.8, 4) is 28.8 Å². The second-order valence-electron chi connectivity index (χ2n) is 4.35. The Morgan fingerprint density at radius 1 is 0.857 bits per heavy atom. The molecule has 0 unspecified atom stereocenters. The lowest BCUT2D eigenvalue weighted by atomic mass is 10.1. The molecule has 0 aliphatic rings. The quantitative estimate of drug-likeness (QED) is 0.798. The number of benzene rings is 1. The number of aromatic nitrogens is 3. The normalized spacial score (nSPS) is 10.6. The van der Waals surface area contributed by atoms with E-state index in [2.05, 4.69) is 15.0 Å². The van der Waals surface area contributed by atoms with Crippen molar-refractivity contribution >= 4 is 11.2 Å². The molecule has 21 heavy (non-hydrogen) atoms. The molecule has 0 amide bonds. The van der Waals surface area contributed by atoms with Crippen LogP contribution < -0.4 is 14.2 Å². The van der Waals surface area contributed by atoms with E-state index in [0.717, 1.165) is 11.1 Å². The monoisotopic (exact) mass is 285 g/mol. The van der Waals surface area contributed by atoms with E-state index in [9.17, 15) is 0 Å². The third kappa shape index (κ3) is 2.24. The average molecular weight is 285 g/mol. The van der Waals surface area contributed by atoms with Gasteiger partial charge in [0.15, 0.2) is 5.65 Å². The lowest BCUT2D eigenvalue weighted by molar-refractivity contribution is 0.397. The second-order valence-corrected chi connectivity index (χ2v) is 4.35. The summed E-state index contributed by atoms with van der Waals surface area (Å²) in [7, 11) is 4.80. The Morgan fingerprint density at radius 2 is 1.57 bits per heavy atom. The van der Waals surface area contributed by atoms with E-state index < -0.39 is 0 Å². The molecule has 1 aromatic carbocycles. The Bertz CT molecular complexity index is 761. The van der Waals surface area contributed by atoms with Crippen LogP contribution in [0.25, 0.3) is 22.6 Å². The fourth-order valence-corrected chi connectivity index (χ4v) is 2.19. The highest BCUT2D eigenvalue weighted by molar-refractivity contribution is 5.80. The zero-order chi connectivity index (χ0) is 14.8. The Morgan fingerprint density at radius 3 is 2.19 bits per heavy atom. The predicted octanol–water partition coefficient (Wildman–Crippen LogP) is 2.65. The van der Waals surface area contributed by atoms with Crippen molar-refractivity contribution in [3.63, 3.8) is 0 Å². The number of nitrogens with one attached hydrogen (secondary N) is 1. The van der Waals surface area contributed by atoms with Crippen molar-refractivity contribution in [2.45, 2.75) is 0 Å². The van der Waals surface area contributed by atoms with Crippen LogP contribution in [0.4, 0.5) is 0 Å². The molecular weight excluding hydrogens is 270 g/mol. The van der Waals surface area contributed by atoms with Gasteiger partial charge in [-0.25, -0.2) is 4.98 Å². The van der Waals surface area contributed by atoms with E-state index >= 15 is 0 Å². The zero-order valence-corrected chi connectivity index (χ0v) is 12.0. The van der Waals surface area contributed by atoms with Crippen molar-refractivity contribution < 1.29 is 14.2 Å². The van der Waals surface area contributed by atoms with Crippen LogP contribution in [0.1, 0.15) is 0 Å². The van der Waals surface area contributed by atoms with Gasteiger partial charge in [0.2, 0.25) is 5.88 Å². The number of nitrogens with zero attached hydrogens (tertiary/aromatic N) is 2. The van der Waals surface area contributed by atoms with Crippen LogP contribution in [0.5, 0.6) is 17.4 Å². The molecule has 6 heteroatoms. The van der Waals surface area contributed by atoms with Crippen LogP contribution in [0.3, 0.4) is 0 Å². The first-order chi connectivity index (χ1) is 10.3. The van der Waals surface area contributed by atoms with Gasteiger partial charge in [-0.2, -0.15) is 4.98 Å². The maximum atomic E-state index is 5.40. The smallest absolute Gasteiger partial charge is 0.215 e. The van der Waals surface area contributed by atoms with Gasteiger partial charge in [-0.15, -0.1) is 0 Å². The number of imidazole rings is 1. The summed E-state index contributed by atoms with van der Waals surface area (Å²) in [6, 6.07) is 9.24. The molecule has 3 aromatic rings. The summed E-state index contributed by atoms with van der Waals surface area (Å²) in [5, 5.41) is 0. The van der Waals surface area contributed by atoms with E-state index in [1.54, 1.807) is 27.4 Å². The molecule has 2 aromatic heterocycles. The number of aromatic amines is 1. The number of H-pyrrole nitrogens is 1. The summed E-state index contributed by atoms with van der Waals surface area (Å²) in [5.74, 6) is 2.52. The standard InChI is InChI=1S/C15H15N3O3/c1-19-10-5-4-6-11(20-2)13(10)15-16-9-7-8-12(21-3)17-14(9)18-15/h4-8H,1-3H3,(H,16,17,18). The molecule has 0 bridgehead atoms. The van der Waals surface area contributed by atoms with Gasteiger partial charge >= 0.3 is 0 Å². The SMILES string of the molecule is COc1ccc2[nH]c(-c3c(OC)cccc3OC)nc2n1. The molecule has 0 saturated carbocycles. The van der Waals surface area contributed by atoms with Crippen molar-refractivity contribution in [1.82, 2.24) is 15.0 Å². The topological polar surface area (TPSA) is 69.3 Å². The first-order valence-electron chi connectivity index (χ1n) is 6.39. The highest BCUT2D eigenvalue weighted by atomic mass is 16.5. The molecule has 0 spiro atoms. The van der Waals surface area contributed by atoms with Crippen molar-refractivity contribution in [3.05, 3.63) is 30.3 Å². The predicted molar refractivity (Wildman–Crippen MR) is 79.0 cm³/mol. The molecule has 6 nitrogen and oxygen atoms in total. The molecule has 0 aliphatic carbocycles. The number of methoxy groups -OCH3 is 3. The van der Waals surface area contributed by atoms with Gasteiger partial charge < -0.3 is 19.2 Å². The largest absolute Gasteiger partial charge is 0.496 e. The lowest BCUT2D eigenvalue weighted by Crippen LogP contribution is -1.94. The molecule has 0 aliphatic heterocycles. The zero-order valence-electron chi connectivity index (χ0n) is 12.0. The minimum absolute atomic E-state index is 0.521. The molecule has 2 heterocycles. The molecular formula is C15H15N3O3. The molecule has 0 saturated heterocycles. The third-order valence-electron chi connectivity index (χ3n) is 3.19. The molecule has 0 atom stereocenters. The van der Waals surface area contributed by atoms with Gasteiger partial charge in [-0.05, 0) is 18.2 Å². The van der Waals surface area contributed by atoms with Crippen molar-refractivity contribution in [1.29, 1.82) is 0 Å². The molecule has 1 N–H and O–H groups in total. The van der Waals surface area contributed by atoms with Gasteiger partial charge in [0, 0.05) is 6.07 Å². The van der Waals surface area contributed by atoms with Crippen LogP contribution in [-0.4, -0.2) is 36.3 Å². The fourth-order valence-electron chi connectivity index (χ4n) is 2.19. The fraction of sp³-hybridized carbons (Fsp3) is 0.200. The van der Waals surface area contributed by atoms with Crippen molar-refractivity contribution in [2.75, 3.05) is 21.3 Å². The van der Waals surface area contributed by atoms with E-state index in [4.69, 9.17) is 14.2 Å². The summed E-state index contributed by atoms with van der Waals surface area (Å²) in [6.07, 6.45) is 0. The number of hydrogen-bond acceptors (Lipinski definition) is 5. The summed E-state index contributed by atoms with van der Waals surface area (Å²) < 4.78 is 15.9. The number of rotatable bonds is 4. The Hall–Kier alpha value is -2.76. The third-order valence-corrected chi connectivity index (χ3v) is 3.19. The van der Waals surface area contributed by atoms with Crippen LogP contribution in [-0.2, 0) is 0 Å². The maximum Gasteiger partial charge on any atom is 0.215 e. The van der Waals surface area contributed by atoms with Gasteiger partial charge in [-0.3, -0.25) is 0 Å². The highest BCUT2D eigenvalue weighted by Crippen LogP contribution is 2.37. The van der Waals surface area contributed by atoms with Crippen LogP contribution in [0.2, 0.25) is 0 Å². The molecule has 108 valence electrons. The van der Waals surface area contributed by atoms with Gasteiger partial charge in [0.05, 0.1) is 26.8 Å². The van der Waals surface area contributed by atoms with Crippen LogP contribution in [0.15, 0.2) is 30.3 Å². The Kier molecular flexibility index (Phi) is 3.35. The van der Waals surface area contributed by atoms with E-state index in [-0.39, 0.29) is 0 Å². The van der Waals surface area contributed by atoms with E-state index in [0.29, 0.717) is 28.9 Å². The number of hydrogen-bond donors (Lipinski definition) is 1. The number of pyridine rings is 1.